The third-order valence-electron chi connectivity index (χ3n) is 2.95. The zero-order chi connectivity index (χ0) is 11.5. The number of Topliss-reactive ketones (excluding diaryl/α,β-unsaturated/α-hetero) is 1. The van der Waals surface area contributed by atoms with E-state index in [9.17, 15) is 4.79 Å². The van der Waals surface area contributed by atoms with Crippen molar-refractivity contribution in [1.82, 2.24) is 0 Å². The Kier molecular flexibility index (Phi) is 3.77. The van der Waals surface area contributed by atoms with Crippen LogP contribution in [-0.2, 0) is 16.0 Å². The number of ketones is 1. The van der Waals surface area contributed by atoms with Crippen molar-refractivity contribution in [2.24, 2.45) is 5.92 Å². The number of hydrogen-bond acceptors (Lipinski definition) is 2. The van der Waals surface area contributed by atoms with Gasteiger partial charge < -0.3 is 4.74 Å². The van der Waals surface area contributed by atoms with Crippen LogP contribution in [-0.4, -0.2) is 18.5 Å². The molecule has 2 atom stereocenters. The highest BCUT2D eigenvalue weighted by Gasteiger charge is 2.27. The van der Waals surface area contributed by atoms with Crippen LogP contribution in [0.1, 0.15) is 18.9 Å². The fraction of sp³-hybridized carbons (Fsp3) is 0.462. The zero-order valence-corrected chi connectivity index (χ0v) is 10.9. The Labute approximate surface area is 104 Å². The third-order valence-corrected chi connectivity index (χ3v) is 3.47. The molecule has 86 valence electrons. The molecule has 1 fully saturated rings. The van der Waals surface area contributed by atoms with Gasteiger partial charge >= 0.3 is 0 Å². The summed E-state index contributed by atoms with van der Waals surface area (Å²) in [5.41, 5.74) is 1.08. The van der Waals surface area contributed by atoms with Crippen LogP contribution < -0.4 is 0 Å². The number of hydrogen-bond donors (Lipinski definition) is 0. The van der Waals surface area contributed by atoms with Gasteiger partial charge in [-0.05, 0) is 31.0 Å². The molecular weight excluding hydrogens is 268 g/mol. The second-order valence-electron chi connectivity index (χ2n) is 4.35. The topological polar surface area (TPSA) is 26.3 Å². The lowest BCUT2D eigenvalue weighted by Gasteiger charge is -2.06. The van der Waals surface area contributed by atoms with E-state index in [0.29, 0.717) is 18.8 Å². The predicted molar refractivity (Wildman–Crippen MR) is 66.4 cm³/mol. The molecule has 1 aromatic carbocycles. The lowest BCUT2D eigenvalue weighted by atomic mass is 9.96. The number of ether oxygens (including phenoxy) is 1. The van der Waals surface area contributed by atoms with Gasteiger partial charge in [0.1, 0.15) is 5.78 Å². The number of halogens is 1. The first kappa shape index (κ1) is 11.8. The highest BCUT2D eigenvalue weighted by molar-refractivity contribution is 9.10. The molecule has 1 aromatic rings. The molecule has 1 heterocycles. The summed E-state index contributed by atoms with van der Waals surface area (Å²) in [5, 5.41) is 0. The maximum atomic E-state index is 12.0. The second kappa shape index (κ2) is 5.11. The third kappa shape index (κ3) is 2.92. The monoisotopic (exact) mass is 282 g/mol. The molecule has 0 spiro atoms. The fourth-order valence-corrected chi connectivity index (χ4v) is 2.25. The summed E-state index contributed by atoms with van der Waals surface area (Å²) in [4.78, 5) is 12.0. The van der Waals surface area contributed by atoms with Crippen molar-refractivity contribution < 1.29 is 9.53 Å². The lowest BCUT2D eigenvalue weighted by molar-refractivity contribution is -0.122. The Hall–Kier alpha value is -0.670. The summed E-state index contributed by atoms with van der Waals surface area (Å²) < 4.78 is 6.46. The van der Waals surface area contributed by atoms with Crippen LogP contribution in [0.4, 0.5) is 0 Å². The van der Waals surface area contributed by atoms with Crippen molar-refractivity contribution >= 4 is 21.7 Å². The highest BCUT2D eigenvalue weighted by atomic mass is 79.9. The molecule has 1 aliphatic rings. The Bertz CT molecular complexity index is 372. The quantitative estimate of drug-likeness (QED) is 0.852. The lowest BCUT2D eigenvalue weighted by Crippen LogP contribution is -2.16. The molecule has 0 saturated carbocycles. The average molecular weight is 283 g/mol. The molecule has 0 bridgehead atoms. The minimum atomic E-state index is 0.0960. The maximum absolute atomic E-state index is 12.0. The molecule has 2 unspecified atom stereocenters. The molecule has 0 amide bonds. The summed E-state index contributed by atoms with van der Waals surface area (Å²) in [6, 6.07) is 7.91. The van der Waals surface area contributed by atoms with Crippen molar-refractivity contribution in [2.75, 3.05) is 6.61 Å². The van der Waals surface area contributed by atoms with Crippen molar-refractivity contribution in [2.45, 2.75) is 25.9 Å². The smallest absolute Gasteiger partial charge is 0.142 e. The Morgan fingerprint density at radius 1 is 1.44 bits per heavy atom. The number of carbonyl (C=O) groups excluding carboxylic acids is 1. The summed E-state index contributed by atoms with van der Waals surface area (Å²) in [7, 11) is 0. The molecule has 1 saturated heterocycles. The van der Waals surface area contributed by atoms with E-state index in [2.05, 4.69) is 15.9 Å². The summed E-state index contributed by atoms with van der Waals surface area (Å²) in [5.74, 6) is 0.394. The number of rotatable bonds is 3. The van der Waals surface area contributed by atoms with Gasteiger partial charge in [-0.25, -0.2) is 0 Å². The predicted octanol–water partition coefficient (Wildman–Crippen LogP) is 2.99. The van der Waals surface area contributed by atoms with Gasteiger partial charge in [0.25, 0.3) is 0 Å². The van der Waals surface area contributed by atoms with Crippen LogP contribution in [0, 0.1) is 5.92 Å². The molecule has 0 aromatic heterocycles. The van der Waals surface area contributed by atoms with Gasteiger partial charge in [0.15, 0.2) is 0 Å². The van der Waals surface area contributed by atoms with E-state index in [4.69, 9.17) is 4.74 Å². The van der Waals surface area contributed by atoms with Gasteiger partial charge in [-0.3, -0.25) is 4.79 Å². The van der Waals surface area contributed by atoms with E-state index in [1.807, 2.05) is 31.2 Å². The molecule has 2 nitrogen and oxygen atoms in total. The van der Waals surface area contributed by atoms with Crippen molar-refractivity contribution in [3.8, 4) is 0 Å². The maximum Gasteiger partial charge on any atom is 0.142 e. The van der Waals surface area contributed by atoms with E-state index in [1.165, 1.54) is 0 Å². The first-order chi connectivity index (χ1) is 7.65. The average Bonchev–Trinajstić information content (AvgIpc) is 2.68. The Morgan fingerprint density at radius 3 is 2.69 bits per heavy atom. The van der Waals surface area contributed by atoms with Gasteiger partial charge in [0.05, 0.1) is 12.7 Å². The van der Waals surface area contributed by atoms with E-state index in [0.717, 1.165) is 16.5 Å². The van der Waals surface area contributed by atoms with Crippen molar-refractivity contribution in [3.63, 3.8) is 0 Å². The highest BCUT2D eigenvalue weighted by Crippen LogP contribution is 2.21. The molecule has 0 aliphatic carbocycles. The van der Waals surface area contributed by atoms with Gasteiger partial charge in [0, 0.05) is 16.8 Å². The van der Waals surface area contributed by atoms with Gasteiger partial charge in [0.2, 0.25) is 0 Å². The summed E-state index contributed by atoms with van der Waals surface area (Å²) >= 11 is 3.38. The van der Waals surface area contributed by atoms with Gasteiger partial charge in [-0.1, -0.05) is 28.1 Å². The molecule has 2 rings (SSSR count). The summed E-state index contributed by atoms with van der Waals surface area (Å²) in [6.07, 6.45) is 1.63. The van der Waals surface area contributed by atoms with Crippen LogP contribution in [0.25, 0.3) is 0 Å². The van der Waals surface area contributed by atoms with E-state index >= 15 is 0 Å². The molecule has 0 N–H and O–H groups in total. The molecular formula is C13H15BrO2. The molecule has 16 heavy (non-hydrogen) atoms. The number of benzene rings is 1. The Balaban J connectivity index is 1.94. The fourth-order valence-electron chi connectivity index (χ4n) is 1.99. The van der Waals surface area contributed by atoms with Crippen LogP contribution >= 0.6 is 15.9 Å². The SMILES string of the molecule is CC1CC(C(=O)Cc2ccc(Br)cc2)CO1. The summed E-state index contributed by atoms with van der Waals surface area (Å²) in [6.45, 7) is 2.61. The van der Waals surface area contributed by atoms with Crippen LogP contribution in [0.3, 0.4) is 0 Å². The van der Waals surface area contributed by atoms with Crippen LogP contribution in [0.5, 0.6) is 0 Å². The van der Waals surface area contributed by atoms with Gasteiger partial charge in [-0.2, -0.15) is 0 Å². The van der Waals surface area contributed by atoms with Crippen LogP contribution in [0.2, 0.25) is 0 Å². The molecule has 3 heteroatoms. The largest absolute Gasteiger partial charge is 0.378 e. The zero-order valence-electron chi connectivity index (χ0n) is 9.28. The minimum absolute atomic E-state index is 0.0960. The van der Waals surface area contributed by atoms with Gasteiger partial charge in [-0.15, -0.1) is 0 Å². The first-order valence-electron chi connectivity index (χ1n) is 5.54. The van der Waals surface area contributed by atoms with E-state index in [1.54, 1.807) is 0 Å². The van der Waals surface area contributed by atoms with Crippen molar-refractivity contribution in [3.05, 3.63) is 34.3 Å². The standard InChI is InChI=1S/C13H15BrO2/c1-9-6-11(8-16-9)13(15)7-10-2-4-12(14)5-3-10/h2-5,9,11H,6-8H2,1H3. The van der Waals surface area contributed by atoms with E-state index < -0.39 is 0 Å². The van der Waals surface area contributed by atoms with Crippen LogP contribution in [0.15, 0.2) is 28.7 Å². The molecule has 0 radical (unpaired) electrons. The molecule has 1 aliphatic heterocycles. The second-order valence-corrected chi connectivity index (χ2v) is 5.26. The minimum Gasteiger partial charge on any atom is -0.378 e. The first-order valence-corrected chi connectivity index (χ1v) is 6.33. The normalized spacial score (nSPS) is 24.6. The Morgan fingerprint density at radius 2 is 2.12 bits per heavy atom. The number of carbonyl (C=O) groups is 1. The van der Waals surface area contributed by atoms with E-state index in [-0.39, 0.29) is 12.0 Å². The van der Waals surface area contributed by atoms with Crippen molar-refractivity contribution in [1.29, 1.82) is 0 Å².